The molecule has 1 saturated heterocycles. The molecular formula is C20H25NO2. The van der Waals surface area contributed by atoms with Gasteiger partial charge in [0.05, 0.1) is 12.6 Å². The van der Waals surface area contributed by atoms with Crippen LogP contribution >= 0.6 is 0 Å². The molecule has 3 heteroatoms. The Balaban J connectivity index is 1.79. The largest absolute Gasteiger partial charge is 0.396 e. The second-order valence-electron chi connectivity index (χ2n) is 6.41. The summed E-state index contributed by atoms with van der Waals surface area (Å²) in [5, 5.41) is 13.1. The molecule has 0 bridgehead atoms. The van der Waals surface area contributed by atoms with Gasteiger partial charge >= 0.3 is 0 Å². The number of ether oxygens (including phenoxy) is 1. The van der Waals surface area contributed by atoms with Crippen LogP contribution in [0.15, 0.2) is 60.7 Å². The lowest BCUT2D eigenvalue weighted by atomic mass is 9.83. The molecule has 1 fully saturated rings. The van der Waals surface area contributed by atoms with E-state index >= 15 is 0 Å². The summed E-state index contributed by atoms with van der Waals surface area (Å²) in [7, 11) is 0. The third-order valence-corrected chi connectivity index (χ3v) is 4.77. The Morgan fingerprint density at radius 2 is 1.61 bits per heavy atom. The van der Waals surface area contributed by atoms with E-state index in [-0.39, 0.29) is 18.1 Å². The van der Waals surface area contributed by atoms with E-state index in [1.54, 1.807) is 0 Å². The first-order chi connectivity index (χ1) is 11.3. The summed E-state index contributed by atoms with van der Waals surface area (Å²) in [6, 6.07) is 21.2. The van der Waals surface area contributed by atoms with E-state index in [1.807, 2.05) is 12.1 Å². The highest BCUT2D eigenvalue weighted by Gasteiger charge is 2.34. The van der Waals surface area contributed by atoms with E-state index in [2.05, 4.69) is 53.8 Å². The Kier molecular flexibility index (Phi) is 5.44. The van der Waals surface area contributed by atoms with Crippen molar-refractivity contribution in [3.05, 3.63) is 71.8 Å². The smallest absolute Gasteiger partial charge is 0.0576 e. The van der Waals surface area contributed by atoms with Crippen molar-refractivity contribution in [3.8, 4) is 0 Å². The predicted molar refractivity (Wildman–Crippen MR) is 92.3 cm³/mol. The van der Waals surface area contributed by atoms with Gasteiger partial charge in [-0.15, -0.1) is 0 Å². The summed E-state index contributed by atoms with van der Waals surface area (Å²) in [5.41, 5.74) is 2.57. The molecule has 0 spiro atoms. The Morgan fingerprint density at radius 3 is 2.09 bits per heavy atom. The maximum absolute atomic E-state index is 9.41. The van der Waals surface area contributed by atoms with Crippen LogP contribution in [0.5, 0.6) is 0 Å². The topological polar surface area (TPSA) is 41.5 Å². The second-order valence-corrected chi connectivity index (χ2v) is 6.41. The molecular weight excluding hydrogens is 286 g/mol. The zero-order valence-corrected chi connectivity index (χ0v) is 13.4. The van der Waals surface area contributed by atoms with E-state index in [0.717, 1.165) is 32.6 Å². The van der Waals surface area contributed by atoms with Crippen molar-refractivity contribution < 1.29 is 9.84 Å². The lowest BCUT2D eigenvalue weighted by molar-refractivity contribution is 0.123. The molecule has 1 unspecified atom stereocenters. The molecule has 23 heavy (non-hydrogen) atoms. The van der Waals surface area contributed by atoms with Crippen molar-refractivity contribution in [2.45, 2.75) is 18.9 Å². The maximum Gasteiger partial charge on any atom is 0.0576 e. The van der Waals surface area contributed by atoms with Gasteiger partial charge in [0, 0.05) is 25.2 Å². The summed E-state index contributed by atoms with van der Waals surface area (Å²) >= 11 is 0. The van der Waals surface area contributed by atoms with Crippen molar-refractivity contribution in [2.75, 3.05) is 26.4 Å². The minimum absolute atomic E-state index is 0.0521. The zero-order chi connectivity index (χ0) is 16.0. The van der Waals surface area contributed by atoms with Gasteiger partial charge in [0.2, 0.25) is 0 Å². The number of benzene rings is 2. The van der Waals surface area contributed by atoms with Crippen LogP contribution in [0, 0.1) is 5.41 Å². The fourth-order valence-corrected chi connectivity index (χ4v) is 3.35. The summed E-state index contributed by atoms with van der Waals surface area (Å²) in [4.78, 5) is 0. The van der Waals surface area contributed by atoms with E-state index in [4.69, 9.17) is 4.74 Å². The van der Waals surface area contributed by atoms with Crippen LogP contribution in [0.25, 0.3) is 0 Å². The molecule has 0 amide bonds. The molecule has 2 N–H and O–H groups in total. The highest BCUT2D eigenvalue weighted by Crippen LogP contribution is 2.33. The number of rotatable bonds is 7. The van der Waals surface area contributed by atoms with Crippen molar-refractivity contribution in [3.63, 3.8) is 0 Å². The molecule has 0 radical (unpaired) electrons. The first kappa shape index (κ1) is 16.2. The molecule has 2 aromatic rings. The van der Waals surface area contributed by atoms with Crippen LogP contribution in [0.3, 0.4) is 0 Å². The van der Waals surface area contributed by atoms with Gasteiger partial charge in [-0.2, -0.15) is 0 Å². The van der Waals surface area contributed by atoms with Crippen LogP contribution < -0.4 is 5.32 Å². The van der Waals surface area contributed by atoms with Crippen molar-refractivity contribution in [1.29, 1.82) is 0 Å². The van der Waals surface area contributed by atoms with E-state index in [0.29, 0.717) is 0 Å². The molecule has 1 heterocycles. The number of aliphatic hydroxyl groups excluding tert-OH is 1. The molecule has 122 valence electrons. The van der Waals surface area contributed by atoms with Crippen LogP contribution in [-0.4, -0.2) is 31.5 Å². The summed E-state index contributed by atoms with van der Waals surface area (Å²) in [6.45, 7) is 2.59. The minimum atomic E-state index is 0.0521. The fraction of sp³-hybridized carbons (Fsp3) is 0.400. The quantitative estimate of drug-likeness (QED) is 0.825. The number of aliphatic hydroxyl groups is 1. The highest BCUT2D eigenvalue weighted by molar-refractivity contribution is 5.31. The highest BCUT2D eigenvalue weighted by atomic mass is 16.5. The van der Waals surface area contributed by atoms with Crippen LogP contribution in [0.2, 0.25) is 0 Å². The molecule has 0 aromatic heterocycles. The number of nitrogens with one attached hydrogen (secondary N) is 1. The normalized spacial score (nSPS) is 21.0. The zero-order valence-electron chi connectivity index (χ0n) is 13.4. The SMILES string of the molecule is OCCC1(CNC(c2ccccc2)c2ccccc2)CCOC1. The molecule has 0 saturated carbocycles. The summed E-state index contributed by atoms with van der Waals surface area (Å²) in [5.74, 6) is 0. The molecule has 3 rings (SSSR count). The van der Waals surface area contributed by atoms with Gasteiger partial charge in [0.25, 0.3) is 0 Å². The summed E-state index contributed by atoms with van der Waals surface area (Å²) < 4.78 is 5.61. The molecule has 0 aliphatic carbocycles. The van der Waals surface area contributed by atoms with Crippen LogP contribution in [0.1, 0.15) is 30.0 Å². The molecule has 1 aliphatic rings. The monoisotopic (exact) mass is 311 g/mol. The van der Waals surface area contributed by atoms with Gasteiger partial charge in [0.1, 0.15) is 0 Å². The van der Waals surface area contributed by atoms with Gasteiger partial charge < -0.3 is 15.2 Å². The third kappa shape index (κ3) is 3.99. The average molecular weight is 311 g/mol. The fourth-order valence-electron chi connectivity index (χ4n) is 3.35. The van der Waals surface area contributed by atoms with Crippen LogP contribution in [-0.2, 0) is 4.74 Å². The number of hydrogen-bond donors (Lipinski definition) is 2. The second kappa shape index (κ2) is 7.73. The minimum Gasteiger partial charge on any atom is -0.396 e. The molecule has 1 atom stereocenters. The van der Waals surface area contributed by atoms with E-state index < -0.39 is 0 Å². The maximum atomic E-state index is 9.41. The lowest BCUT2D eigenvalue weighted by Crippen LogP contribution is -2.38. The molecule has 2 aromatic carbocycles. The van der Waals surface area contributed by atoms with Gasteiger partial charge in [-0.05, 0) is 24.0 Å². The Bertz CT molecular complexity index is 540. The third-order valence-electron chi connectivity index (χ3n) is 4.77. The van der Waals surface area contributed by atoms with E-state index in [1.165, 1.54) is 11.1 Å². The van der Waals surface area contributed by atoms with Crippen molar-refractivity contribution in [1.82, 2.24) is 5.32 Å². The Morgan fingerprint density at radius 1 is 1.00 bits per heavy atom. The predicted octanol–water partition coefficient (Wildman–Crippen LogP) is 3.15. The Labute approximate surface area is 138 Å². The lowest BCUT2D eigenvalue weighted by Gasteiger charge is -2.30. The van der Waals surface area contributed by atoms with Crippen molar-refractivity contribution in [2.24, 2.45) is 5.41 Å². The first-order valence-electron chi connectivity index (χ1n) is 8.35. The Hall–Kier alpha value is -1.68. The van der Waals surface area contributed by atoms with E-state index in [9.17, 15) is 5.11 Å². The van der Waals surface area contributed by atoms with Crippen molar-refractivity contribution >= 4 is 0 Å². The molecule has 3 nitrogen and oxygen atoms in total. The standard InChI is InChI=1S/C20H25NO2/c22-13-11-20(12-14-23-16-20)15-21-19(17-7-3-1-4-8-17)18-9-5-2-6-10-18/h1-10,19,21-22H,11-16H2. The number of hydrogen-bond acceptors (Lipinski definition) is 3. The molecule has 1 aliphatic heterocycles. The van der Waals surface area contributed by atoms with Crippen LogP contribution in [0.4, 0.5) is 0 Å². The summed E-state index contributed by atoms with van der Waals surface area (Å²) in [6.07, 6.45) is 1.80. The van der Waals surface area contributed by atoms with Gasteiger partial charge in [-0.25, -0.2) is 0 Å². The van der Waals surface area contributed by atoms with Gasteiger partial charge in [-0.3, -0.25) is 0 Å². The van der Waals surface area contributed by atoms with Gasteiger partial charge in [-0.1, -0.05) is 60.7 Å². The van der Waals surface area contributed by atoms with Gasteiger partial charge in [0.15, 0.2) is 0 Å². The average Bonchev–Trinajstić information content (AvgIpc) is 3.06. The first-order valence-corrected chi connectivity index (χ1v) is 8.35.